The van der Waals surface area contributed by atoms with Crippen molar-refractivity contribution in [3.63, 3.8) is 0 Å². The fourth-order valence-electron chi connectivity index (χ4n) is 3.98. The van der Waals surface area contributed by atoms with Gasteiger partial charge in [-0.05, 0) is 44.0 Å². The number of carbonyl (C=O) groups excluding carboxylic acids is 1. The van der Waals surface area contributed by atoms with Crippen LogP contribution in [0.25, 0.3) is 0 Å². The van der Waals surface area contributed by atoms with Crippen molar-refractivity contribution in [3.8, 4) is 0 Å². The Labute approximate surface area is 118 Å². The van der Waals surface area contributed by atoms with Crippen LogP contribution in [0.1, 0.15) is 30.7 Å². The van der Waals surface area contributed by atoms with Crippen molar-refractivity contribution in [2.45, 2.75) is 37.3 Å². The van der Waals surface area contributed by atoms with Crippen molar-refractivity contribution in [1.29, 1.82) is 0 Å². The molecule has 2 heterocycles. The molecule has 2 aliphatic rings. The number of piperidine rings is 1. The first-order valence-electron chi connectivity index (χ1n) is 7.17. The molecular formula is C16H20FNO2. The molecule has 2 fully saturated rings. The van der Waals surface area contributed by atoms with Crippen molar-refractivity contribution in [2.75, 3.05) is 14.2 Å². The number of rotatable bonds is 2. The summed E-state index contributed by atoms with van der Waals surface area (Å²) in [6, 6.07) is 7.34. The monoisotopic (exact) mass is 277 g/mol. The van der Waals surface area contributed by atoms with Crippen molar-refractivity contribution in [1.82, 2.24) is 4.90 Å². The van der Waals surface area contributed by atoms with Gasteiger partial charge in [0.15, 0.2) is 0 Å². The number of hydrogen-bond acceptors (Lipinski definition) is 3. The van der Waals surface area contributed by atoms with Crippen LogP contribution in [0.15, 0.2) is 24.3 Å². The zero-order chi connectivity index (χ0) is 14.3. The van der Waals surface area contributed by atoms with Crippen LogP contribution < -0.4 is 0 Å². The minimum atomic E-state index is -0.237. The molecular weight excluding hydrogens is 257 g/mol. The summed E-state index contributed by atoms with van der Waals surface area (Å²) >= 11 is 0. The van der Waals surface area contributed by atoms with Crippen LogP contribution in [-0.2, 0) is 9.53 Å². The number of methoxy groups -OCH3 is 1. The molecule has 1 aromatic carbocycles. The molecule has 1 aromatic rings. The lowest BCUT2D eigenvalue weighted by Gasteiger charge is -2.41. The summed E-state index contributed by atoms with van der Waals surface area (Å²) in [5.74, 6) is -0.387. The van der Waals surface area contributed by atoms with E-state index in [4.69, 9.17) is 4.74 Å². The lowest BCUT2D eigenvalue weighted by molar-refractivity contribution is -0.150. The first kappa shape index (κ1) is 13.6. The van der Waals surface area contributed by atoms with Gasteiger partial charge in [-0.1, -0.05) is 12.1 Å². The second kappa shape index (κ2) is 5.17. The molecule has 4 atom stereocenters. The van der Waals surface area contributed by atoms with Crippen LogP contribution in [-0.4, -0.2) is 37.1 Å². The highest BCUT2D eigenvalue weighted by Crippen LogP contribution is 2.46. The van der Waals surface area contributed by atoms with E-state index in [1.807, 2.05) is 0 Å². The Morgan fingerprint density at radius 3 is 2.65 bits per heavy atom. The number of halogens is 1. The van der Waals surface area contributed by atoms with Crippen LogP contribution >= 0.6 is 0 Å². The molecule has 0 radical (unpaired) electrons. The number of hydrogen-bond donors (Lipinski definition) is 0. The highest BCUT2D eigenvalue weighted by atomic mass is 19.1. The molecule has 0 saturated carbocycles. The topological polar surface area (TPSA) is 29.5 Å². The van der Waals surface area contributed by atoms with Gasteiger partial charge in [0.25, 0.3) is 0 Å². The standard InChI is InChI=1S/C16H20FNO2/c1-18-12-7-8-14(18)15(16(19)20-2)13(9-12)10-3-5-11(17)6-4-10/h3-6,12-15H,7-9H2,1-2H3/t12-,13+,14+,15-/m1/s1. The highest BCUT2D eigenvalue weighted by Gasteiger charge is 2.49. The van der Waals surface area contributed by atoms with E-state index in [1.54, 1.807) is 12.1 Å². The molecule has 2 saturated heterocycles. The lowest BCUT2D eigenvalue weighted by Crippen LogP contribution is -2.49. The molecule has 0 aliphatic carbocycles. The van der Waals surface area contributed by atoms with E-state index in [-0.39, 0.29) is 29.7 Å². The van der Waals surface area contributed by atoms with Crippen molar-refractivity contribution >= 4 is 5.97 Å². The maximum atomic E-state index is 13.1. The van der Waals surface area contributed by atoms with Gasteiger partial charge in [-0.2, -0.15) is 0 Å². The molecule has 108 valence electrons. The minimum absolute atomic E-state index is 0.136. The smallest absolute Gasteiger partial charge is 0.310 e. The Kier molecular flexibility index (Phi) is 3.50. The molecule has 0 amide bonds. The summed E-state index contributed by atoms with van der Waals surface area (Å²) < 4.78 is 18.1. The average molecular weight is 277 g/mol. The van der Waals surface area contributed by atoms with Gasteiger partial charge in [0, 0.05) is 18.0 Å². The molecule has 0 aromatic heterocycles. The van der Waals surface area contributed by atoms with Crippen LogP contribution in [0.4, 0.5) is 4.39 Å². The van der Waals surface area contributed by atoms with Crippen molar-refractivity contribution < 1.29 is 13.9 Å². The van der Waals surface area contributed by atoms with E-state index in [2.05, 4.69) is 11.9 Å². The Morgan fingerprint density at radius 2 is 2.00 bits per heavy atom. The van der Waals surface area contributed by atoms with Gasteiger partial charge in [0.1, 0.15) is 5.82 Å². The number of benzene rings is 1. The fourth-order valence-corrected chi connectivity index (χ4v) is 3.98. The molecule has 0 spiro atoms. The fraction of sp³-hybridized carbons (Fsp3) is 0.562. The normalized spacial score (nSPS) is 33.1. The number of fused-ring (bicyclic) bond motifs is 2. The zero-order valence-electron chi connectivity index (χ0n) is 11.9. The van der Waals surface area contributed by atoms with E-state index < -0.39 is 0 Å². The first-order valence-corrected chi connectivity index (χ1v) is 7.17. The molecule has 4 heteroatoms. The van der Waals surface area contributed by atoms with Crippen molar-refractivity contribution in [2.24, 2.45) is 5.92 Å². The van der Waals surface area contributed by atoms with E-state index in [0.717, 1.165) is 24.8 Å². The molecule has 0 N–H and O–H groups in total. The molecule has 3 nitrogen and oxygen atoms in total. The van der Waals surface area contributed by atoms with Gasteiger partial charge in [-0.25, -0.2) is 4.39 Å². The van der Waals surface area contributed by atoms with Gasteiger partial charge in [0.05, 0.1) is 13.0 Å². The molecule has 20 heavy (non-hydrogen) atoms. The highest BCUT2D eigenvalue weighted by molar-refractivity contribution is 5.75. The van der Waals surface area contributed by atoms with E-state index in [1.165, 1.54) is 19.2 Å². The maximum absolute atomic E-state index is 13.1. The Balaban J connectivity index is 1.95. The SMILES string of the molecule is COC(=O)[C@@H]1[C@H](c2ccc(F)cc2)C[C@H]2CC[C@@H]1N2C. The molecule has 2 bridgehead atoms. The first-order chi connectivity index (χ1) is 9.61. The summed E-state index contributed by atoms with van der Waals surface area (Å²) in [5, 5.41) is 0. The summed E-state index contributed by atoms with van der Waals surface area (Å²) in [7, 11) is 3.55. The summed E-state index contributed by atoms with van der Waals surface area (Å²) in [5.41, 5.74) is 1.05. The Bertz CT molecular complexity index is 502. The lowest BCUT2D eigenvalue weighted by atomic mass is 9.76. The van der Waals surface area contributed by atoms with Gasteiger partial charge in [-0.15, -0.1) is 0 Å². The predicted molar refractivity (Wildman–Crippen MR) is 73.8 cm³/mol. The predicted octanol–water partition coefficient (Wildman–Crippen LogP) is 2.57. The second-order valence-corrected chi connectivity index (χ2v) is 5.91. The zero-order valence-corrected chi connectivity index (χ0v) is 11.9. The number of nitrogens with zero attached hydrogens (tertiary/aromatic N) is 1. The van der Waals surface area contributed by atoms with Crippen LogP contribution in [0.2, 0.25) is 0 Å². The largest absolute Gasteiger partial charge is 0.469 e. The quantitative estimate of drug-likeness (QED) is 0.778. The van der Waals surface area contributed by atoms with E-state index >= 15 is 0 Å². The van der Waals surface area contributed by atoms with Gasteiger partial charge < -0.3 is 4.74 Å². The second-order valence-electron chi connectivity index (χ2n) is 5.91. The minimum Gasteiger partial charge on any atom is -0.469 e. The maximum Gasteiger partial charge on any atom is 0.310 e. The molecule has 0 unspecified atom stereocenters. The third kappa shape index (κ3) is 2.12. The average Bonchev–Trinajstić information content (AvgIpc) is 2.70. The Hall–Kier alpha value is -1.42. The van der Waals surface area contributed by atoms with Gasteiger partial charge in [-0.3, -0.25) is 9.69 Å². The number of carbonyl (C=O) groups is 1. The summed E-state index contributed by atoms with van der Waals surface area (Å²) in [4.78, 5) is 14.5. The third-order valence-corrected chi connectivity index (χ3v) is 5.04. The van der Waals surface area contributed by atoms with Crippen LogP contribution in [0.5, 0.6) is 0 Å². The van der Waals surface area contributed by atoms with Gasteiger partial charge in [0.2, 0.25) is 0 Å². The Morgan fingerprint density at radius 1 is 1.30 bits per heavy atom. The van der Waals surface area contributed by atoms with Gasteiger partial charge >= 0.3 is 5.97 Å². The number of esters is 1. The summed E-state index contributed by atoms with van der Waals surface area (Å²) in [6.45, 7) is 0. The van der Waals surface area contributed by atoms with Crippen LogP contribution in [0.3, 0.4) is 0 Å². The van der Waals surface area contributed by atoms with Crippen molar-refractivity contribution in [3.05, 3.63) is 35.6 Å². The third-order valence-electron chi connectivity index (χ3n) is 5.04. The molecule has 2 aliphatic heterocycles. The molecule has 3 rings (SSSR count). The van der Waals surface area contributed by atoms with E-state index in [0.29, 0.717) is 6.04 Å². The summed E-state index contributed by atoms with van der Waals surface area (Å²) in [6.07, 6.45) is 3.11. The van der Waals surface area contributed by atoms with Crippen LogP contribution in [0, 0.1) is 11.7 Å². The van der Waals surface area contributed by atoms with E-state index in [9.17, 15) is 9.18 Å². The number of ether oxygens (including phenoxy) is 1.